The molecule has 1 aliphatic heterocycles. The van der Waals surface area contributed by atoms with E-state index in [9.17, 15) is 13.2 Å². The van der Waals surface area contributed by atoms with Gasteiger partial charge in [-0.15, -0.1) is 11.3 Å². The first-order valence-corrected chi connectivity index (χ1v) is 15.2. The second kappa shape index (κ2) is 12.2. The number of nitrogens with one attached hydrogen (secondary N) is 2. The van der Waals surface area contributed by atoms with E-state index in [1.54, 1.807) is 40.7 Å². The van der Waals surface area contributed by atoms with Crippen molar-refractivity contribution in [3.8, 4) is 0 Å². The Labute approximate surface area is 238 Å². The molecule has 1 saturated heterocycles. The largest absolute Gasteiger partial charge is 0.332 e. The van der Waals surface area contributed by atoms with Gasteiger partial charge in [0.25, 0.3) is 5.91 Å². The van der Waals surface area contributed by atoms with Gasteiger partial charge in [-0.1, -0.05) is 66.7 Å². The second-order valence-corrected chi connectivity index (χ2v) is 12.4. The van der Waals surface area contributed by atoms with Crippen LogP contribution in [0.15, 0.2) is 107 Å². The fourth-order valence-electron chi connectivity index (χ4n) is 4.68. The Kier molecular flexibility index (Phi) is 8.49. The minimum Gasteiger partial charge on any atom is -0.332 e. The molecule has 0 unspecified atom stereocenters. The number of sulfonamides is 1. The van der Waals surface area contributed by atoms with E-state index in [1.807, 2.05) is 41.8 Å². The summed E-state index contributed by atoms with van der Waals surface area (Å²) >= 11 is 6.55. The fourth-order valence-corrected chi connectivity index (χ4v) is 6.93. The quantitative estimate of drug-likeness (QED) is 0.303. The number of thiophene rings is 1. The van der Waals surface area contributed by atoms with Crippen molar-refractivity contribution in [2.24, 2.45) is 0 Å². The van der Waals surface area contributed by atoms with E-state index in [4.69, 9.17) is 12.2 Å². The van der Waals surface area contributed by atoms with Gasteiger partial charge in [0.05, 0.1) is 15.8 Å². The molecule has 1 aliphatic rings. The molecule has 1 fully saturated rings. The Bertz CT molecular complexity index is 1460. The van der Waals surface area contributed by atoms with Crippen LogP contribution < -0.4 is 10.6 Å². The molecule has 1 amide bonds. The van der Waals surface area contributed by atoms with E-state index in [-0.39, 0.29) is 22.0 Å². The summed E-state index contributed by atoms with van der Waals surface area (Å²) in [5.74, 6) is -0.289. The predicted octanol–water partition coefficient (Wildman–Crippen LogP) is 4.97. The molecule has 2 N–H and O–H groups in total. The van der Waals surface area contributed by atoms with E-state index in [0.29, 0.717) is 36.7 Å². The summed E-state index contributed by atoms with van der Waals surface area (Å²) in [7, 11) is -3.66. The van der Waals surface area contributed by atoms with Gasteiger partial charge in [0.2, 0.25) is 10.0 Å². The first-order chi connectivity index (χ1) is 18.9. The number of nitrogens with zero attached hydrogens (tertiary/aromatic N) is 2. The van der Waals surface area contributed by atoms with Crippen molar-refractivity contribution in [2.45, 2.75) is 10.9 Å². The molecule has 10 heteroatoms. The summed E-state index contributed by atoms with van der Waals surface area (Å²) in [5, 5.41) is 7.52. The number of benzene rings is 3. The van der Waals surface area contributed by atoms with Crippen LogP contribution in [0.25, 0.3) is 0 Å². The molecule has 200 valence electrons. The summed E-state index contributed by atoms with van der Waals surface area (Å²) in [4.78, 5) is 15.3. The minimum absolute atomic E-state index is 0.0618. The van der Waals surface area contributed by atoms with Crippen LogP contribution >= 0.6 is 23.6 Å². The Morgan fingerprint density at radius 3 is 1.92 bits per heavy atom. The smallest absolute Gasteiger partial charge is 0.267 e. The highest BCUT2D eigenvalue weighted by atomic mass is 32.2. The molecule has 3 aromatic carbocycles. The molecule has 39 heavy (non-hydrogen) atoms. The van der Waals surface area contributed by atoms with Crippen LogP contribution in [0.5, 0.6) is 0 Å². The summed E-state index contributed by atoms with van der Waals surface area (Å²) in [6.45, 7) is 2.03. The molecule has 0 radical (unpaired) electrons. The van der Waals surface area contributed by atoms with Gasteiger partial charge in [0.1, 0.15) is 0 Å². The Hall–Kier alpha value is -3.41. The van der Waals surface area contributed by atoms with Gasteiger partial charge in [-0.05, 0) is 59.1 Å². The zero-order valence-electron chi connectivity index (χ0n) is 21.1. The lowest BCUT2D eigenvalue weighted by Crippen LogP contribution is -2.49. The topological polar surface area (TPSA) is 81.8 Å². The van der Waals surface area contributed by atoms with Crippen molar-refractivity contribution in [1.29, 1.82) is 0 Å². The molecule has 2 heterocycles. The highest BCUT2D eigenvalue weighted by molar-refractivity contribution is 7.89. The van der Waals surface area contributed by atoms with Crippen molar-refractivity contribution in [2.75, 3.05) is 31.5 Å². The van der Waals surface area contributed by atoms with Gasteiger partial charge in [0.15, 0.2) is 5.11 Å². The molecule has 0 spiro atoms. The zero-order chi connectivity index (χ0) is 27.2. The number of rotatable bonds is 7. The molecular formula is C29H28N4O3S3. The highest BCUT2D eigenvalue weighted by Gasteiger charge is 2.32. The number of carbonyl (C=O) groups is 1. The fraction of sp³-hybridized carbons (Fsp3) is 0.172. The third-order valence-corrected chi connectivity index (χ3v) is 9.58. The van der Waals surface area contributed by atoms with E-state index >= 15 is 0 Å². The van der Waals surface area contributed by atoms with Gasteiger partial charge >= 0.3 is 0 Å². The van der Waals surface area contributed by atoms with Crippen molar-refractivity contribution in [3.63, 3.8) is 0 Å². The van der Waals surface area contributed by atoms with Gasteiger partial charge in [-0.25, -0.2) is 8.42 Å². The van der Waals surface area contributed by atoms with E-state index < -0.39 is 10.0 Å². The molecule has 0 bridgehead atoms. The number of carbonyl (C=O) groups excluding carboxylic acids is 1. The van der Waals surface area contributed by atoms with Crippen LogP contribution in [0.3, 0.4) is 0 Å². The SMILES string of the molecule is O=C(NC(=S)Nc1ccc(S(=O)(=O)N2CCN(C(c3ccccc3)c3ccccc3)CC2)cc1)c1cccs1. The van der Waals surface area contributed by atoms with Gasteiger partial charge < -0.3 is 5.32 Å². The Balaban J connectivity index is 1.22. The van der Waals surface area contributed by atoms with Crippen molar-refractivity contribution in [1.82, 2.24) is 14.5 Å². The first kappa shape index (κ1) is 27.2. The second-order valence-electron chi connectivity index (χ2n) is 9.07. The third-order valence-electron chi connectivity index (χ3n) is 6.59. The average Bonchev–Trinajstić information content (AvgIpc) is 3.51. The normalized spacial score (nSPS) is 14.7. The minimum atomic E-state index is -3.66. The van der Waals surface area contributed by atoms with Crippen molar-refractivity contribution < 1.29 is 13.2 Å². The number of amides is 1. The molecule has 5 rings (SSSR count). The van der Waals surface area contributed by atoms with Crippen LogP contribution in [-0.2, 0) is 10.0 Å². The first-order valence-electron chi connectivity index (χ1n) is 12.5. The number of hydrogen-bond donors (Lipinski definition) is 2. The lowest BCUT2D eigenvalue weighted by molar-refractivity contribution is 0.0981. The molecule has 1 aromatic heterocycles. The average molecular weight is 577 g/mol. The van der Waals surface area contributed by atoms with Crippen LogP contribution in [0.4, 0.5) is 5.69 Å². The van der Waals surface area contributed by atoms with E-state index in [1.165, 1.54) is 22.5 Å². The van der Waals surface area contributed by atoms with Gasteiger partial charge in [-0.2, -0.15) is 4.31 Å². The van der Waals surface area contributed by atoms with E-state index in [0.717, 1.165) is 0 Å². The van der Waals surface area contributed by atoms with Crippen LogP contribution in [0.1, 0.15) is 26.8 Å². The molecule has 0 saturated carbocycles. The highest BCUT2D eigenvalue weighted by Crippen LogP contribution is 2.30. The maximum atomic E-state index is 13.4. The van der Waals surface area contributed by atoms with Crippen LogP contribution in [0.2, 0.25) is 0 Å². The monoisotopic (exact) mass is 576 g/mol. The van der Waals surface area contributed by atoms with Crippen LogP contribution in [0, 0.1) is 0 Å². The zero-order valence-corrected chi connectivity index (χ0v) is 23.5. The Morgan fingerprint density at radius 2 is 1.38 bits per heavy atom. The third kappa shape index (κ3) is 6.43. The lowest BCUT2D eigenvalue weighted by atomic mass is 9.96. The predicted molar refractivity (Wildman–Crippen MR) is 160 cm³/mol. The van der Waals surface area contributed by atoms with Crippen molar-refractivity contribution in [3.05, 3.63) is 118 Å². The summed E-state index contributed by atoms with van der Waals surface area (Å²) in [5.41, 5.74) is 2.96. The Morgan fingerprint density at radius 1 is 0.795 bits per heavy atom. The molecule has 0 aliphatic carbocycles. The number of anilines is 1. The van der Waals surface area contributed by atoms with Crippen LogP contribution in [-0.4, -0.2) is 54.8 Å². The number of piperazine rings is 1. The van der Waals surface area contributed by atoms with E-state index in [2.05, 4.69) is 39.8 Å². The number of thiocarbonyl (C=S) groups is 1. The summed E-state index contributed by atoms with van der Waals surface area (Å²) in [6, 6.07) is 30.6. The number of hydrogen-bond acceptors (Lipinski definition) is 6. The van der Waals surface area contributed by atoms with Gasteiger partial charge in [0, 0.05) is 31.9 Å². The molecule has 0 atom stereocenters. The summed E-state index contributed by atoms with van der Waals surface area (Å²) in [6.07, 6.45) is 0. The molecule has 4 aromatic rings. The lowest BCUT2D eigenvalue weighted by Gasteiger charge is -2.39. The van der Waals surface area contributed by atoms with Crippen molar-refractivity contribution >= 4 is 50.3 Å². The van der Waals surface area contributed by atoms with Gasteiger partial charge in [-0.3, -0.25) is 15.0 Å². The molecular weight excluding hydrogens is 549 g/mol. The summed E-state index contributed by atoms with van der Waals surface area (Å²) < 4.78 is 28.4. The standard InChI is InChI=1S/C29H28N4O3S3/c34-28(26-12-7-21-38-26)31-29(37)30-24-13-15-25(16-14-24)39(35,36)33-19-17-32(18-20-33)27(22-8-3-1-4-9-22)23-10-5-2-6-11-23/h1-16,21,27H,17-20H2,(H2,30,31,34,37). The maximum Gasteiger partial charge on any atom is 0.267 e. The molecule has 7 nitrogen and oxygen atoms in total. The maximum absolute atomic E-state index is 13.4.